The Labute approximate surface area is 123 Å². The summed E-state index contributed by atoms with van der Waals surface area (Å²) < 4.78 is 0. The number of hydrogen-bond donors (Lipinski definition) is 1. The molecule has 0 unspecified atom stereocenters. The summed E-state index contributed by atoms with van der Waals surface area (Å²) in [5.74, 6) is -0.375. The first-order chi connectivity index (χ1) is 10.1. The fraction of sp³-hybridized carbons (Fsp3) is 0.188. The topological polar surface area (TPSA) is 77.2 Å². The van der Waals surface area contributed by atoms with Gasteiger partial charge in [0.25, 0.3) is 0 Å². The van der Waals surface area contributed by atoms with Gasteiger partial charge in [-0.25, -0.2) is 4.98 Å². The van der Waals surface area contributed by atoms with Gasteiger partial charge in [0.1, 0.15) is 11.9 Å². The number of hydrogen-bond acceptors (Lipinski definition) is 4. The van der Waals surface area contributed by atoms with Gasteiger partial charge >= 0.3 is 5.97 Å². The molecule has 5 heteroatoms. The van der Waals surface area contributed by atoms with Crippen LogP contribution in [-0.4, -0.2) is 29.7 Å². The minimum absolute atomic E-state index is 0.00138. The molecule has 1 N–H and O–H groups in total. The van der Waals surface area contributed by atoms with Gasteiger partial charge in [0.2, 0.25) is 0 Å². The number of nitrogens with zero attached hydrogens (tertiary/aromatic N) is 3. The largest absolute Gasteiger partial charge is 0.481 e. The van der Waals surface area contributed by atoms with Crippen LogP contribution in [0.3, 0.4) is 0 Å². The zero-order valence-corrected chi connectivity index (χ0v) is 11.7. The molecule has 1 aromatic carbocycles. The van der Waals surface area contributed by atoms with Crippen LogP contribution in [0.2, 0.25) is 0 Å². The van der Waals surface area contributed by atoms with Crippen LogP contribution >= 0.6 is 0 Å². The number of aliphatic carboxylic acids is 1. The van der Waals surface area contributed by atoms with E-state index >= 15 is 0 Å². The first-order valence-electron chi connectivity index (χ1n) is 6.51. The number of carbonyl (C=O) groups is 1. The van der Waals surface area contributed by atoms with Gasteiger partial charge in [-0.15, -0.1) is 0 Å². The van der Waals surface area contributed by atoms with Crippen molar-refractivity contribution in [2.45, 2.75) is 6.42 Å². The van der Waals surface area contributed by atoms with E-state index in [4.69, 9.17) is 5.11 Å². The highest BCUT2D eigenvalue weighted by Gasteiger charge is 2.12. The molecule has 0 atom stereocenters. The Morgan fingerprint density at radius 1 is 1.29 bits per heavy atom. The Kier molecular flexibility index (Phi) is 4.52. The zero-order valence-electron chi connectivity index (χ0n) is 11.7. The standard InChI is InChI=1S/C16H15N3O2/c1-19(10-9-15(20)21)16-13(11-17)7-8-14(18-16)12-5-3-2-4-6-12/h2-8H,9-10H2,1H3,(H,20,21). The highest BCUT2D eigenvalue weighted by atomic mass is 16.4. The molecule has 5 nitrogen and oxygen atoms in total. The van der Waals surface area contributed by atoms with Crippen LogP contribution in [0.15, 0.2) is 42.5 Å². The van der Waals surface area contributed by atoms with Crippen molar-refractivity contribution in [3.05, 3.63) is 48.0 Å². The fourth-order valence-corrected chi connectivity index (χ4v) is 1.97. The van der Waals surface area contributed by atoms with E-state index in [2.05, 4.69) is 11.1 Å². The summed E-state index contributed by atoms with van der Waals surface area (Å²) in [6.45, 7) is 0.301. The summed E-state index contributed by atoms with van der Waals surface area (Å²) in [5, 5.41) is 17.9. The Morgan fingerprint density at radius 3 is 2.62 bits per heavy atom. The number of carboxylic acid groups (broad SMARTS) is 1. The molecule has 0 amide bonds. The van der Waals surface area contributed by atoms with Crippen molar-refractivity contribution < 1.29 is 9.90 Å². The molecule has 0 radical (unpaired) electrons. The summed E-state index contributed by atoms with van der Waals surface area (Å²) in [7, 11) is 1.74. The highest BCUT2D eigenvalue weighted by Crippen LogP contribution is 2.23. The molecule has 0 aliphatic carbocycles. The summed E-state index contributed by atoms with van der Waals surface area (Å²) in [6, 6.07) is 15.2. The van der Waals surface area contributed by atoms with Gasteiger partial charge in [-0.05, 0) is 12.1 Å². The SMILES string of the molecule is CN(CCC(=O)O)c1nc(-c2ccccc2)ccc1C#N. The molecule has 0 fully saturated rings. The van der Waals surface area contributed by atoms with Crippen molar-refractivity contribution in [2.75, 3.05) is 18.5 Å². The second-order valence-electron chi connectivity index (χ2n) is 4.61. The van der Waals surface area contributed by atoms with Gasteiger partial charge < -0.3 is 10.0 Å². The normalized spacial score (nSPS) is 9.90. The molecule has 106 valence electrons. The molecule has 1 aromatic heterocycles. The third kappa shape index (κ3) is 3.57. The van der Waals surface area contributed by atoms with Crippen LogP contribution in [0.5, 0.6) is 0 Å². The molecule has 1 heterocycles. The number of carboxylic acids is 1. The molecule has 0 aliphatic heterocycles. The van der Waals surface area contributed by atoms with E-state index in [-0.39, 0.29) is 6.42 Å². The van der Waals surface area contributed by atoms with E-state index in [9.17, 15) is 10.1 Å². The monoisotopic (exact) mass is 281 g/mol. The minimum Gasteiger partial charge on any atom is -0.481 e. The van der Waals surface area contributed by atoms with Crippen molar-refractivity contribution in [1.29, 1.82) is 5.26 Å². The number of nitriles is 1. The van der Waals surface area contributed by atoms with Gasteiger partial charge in [0, 0.05) is 19.2 Å². The molecular weight excluding hydrogens is 266 g/mol. The second-order valence-corrected chi connectivity index (χ2v) is 4.61. The van der Waals surface area contributed by atoms with Crippen molar-refractivity contribution in [3.63, 3.8) is 0 Å². The smallest absolute Gasteiger partial charge is 0.305 e. The maximum Gasteiger partial charge on any atom is 0.305 e. The quantitative estimate of drug-likeness (QED) is 0.911. The van der Waals surface area contributed by atoms with E-state index in [1.54, 1.807) is 24.1 Å². The molecule has 2 rings (SSSR count). The lowest BCUT2D eigenvalue weighted by Crippen LogP contribution is -2.23. The van der Waals surface area contributed by atoms with E-state index in [0.717, 1.165) is 11.3 Å². The van der Waals surface area contributed by atoms with Crippen LogP contribution in [0, 0.1) is 11.3 Å². The third-order valence-corrected chi connectivity index (χ3v) is 3.09. The molecule has 0 aliphatic rings. The van der Waals surface area contributed by atoms with E-state index in [1.807, 2.05) is 30.3 Å². The van der Waals surface area contributed by atoms with Crippen LogP contribution < -0.4 is 4.90 Å². The second kappa shape index (κ2) is 6.53. The molecule has 0 saturated heterocycles. The minimum atomic E-state index is -0.875. The molecule has 0 saturated carbocycles. The van der Waals surface area contributed by atoms with E-state index in [1.165, 1.54) is 0 Å². The average molecular weight is 281 g/mol. The van der Waals surface area contributed by atoms with Crippen molar-refractivity contribution in [2.24, 2.45) is 0 Å². The lowest BCUT2D eigenvalue weighted by molar-refractivity contribution is -0.136. The Bertz CT molecular complexity index is 678. The summed E-state index contributed by atoms with van der Waals surface area (Å²) >= 11 is 0. The number of anilines is 1. The molecule has 0 bridgehead atoms. The van der Waals surface area contributed by atoms with Crippen molar-refractivity contribution in [1.82, 2.24) is 4.98 Å². The maximum absolute atomic E-state index is 10.7. The van der Waals surface area contributed by atoms with Gasteiger partial charge in [0.05, 0.1) is 17.7 Å². The highest BCUT2D eigenvalue weighted by molar-refractivity contribution is 5.68. The predicted molar refractivity (Wildman–Crippen MR) is 79.9 cm³/mol. The van der Waals surface area contributed by atoms with Crippen LogP contribution in [0.4, 0.5) is 5.82 Å². The average Bonchev–Trinajstić information content (AvgIpc) is 2.52. The predicted octanol–water partition coefficient (Wildman–Crippen LogP) is 2.53. The Hall–Kier alpha value is -2.87. The Balaban J connectivity index is 2.35. The summed E-state index contributed by atoms with van der Waals surface area (Å²) in [6.07, 6.45) is -0.00138. The lowest BCUT2D eigenvalue weighted by atomic mass is 10.1. The number of rotatable bonds is 5. The number of benzene rings is 1. The summed E-state index contributed by atoms with van der Waals surface area (Å²) in [5.41, 5.74) is 2.14. The molecular formula is C16H15N3O2. The van der Waals surface area contributed by atoms with Gasteiger partial charge in [-0.2, -0.15) is 5.26 Å². The van der Waals surface area contributed by atoms with Crippen molar-refractivity contribution in [3.8, 4) is 17.3 Å². The third-order valence-electron chi connectivity index (χ3n) is 3.09. The van der Waals surface area contributed by atoms with E-state index < -0.39 is 5.97 Å². The van der Waals surface area contributed by atoms with Crippen molar-refractivity contribution >= 4 is 11.8 Å². The Morgan fingerprint density at radius 2 is 2.00 bits per heavy atom. The van der Waals surface area contributed by atoms with Gasteiger partial charge in [-0.1, -0.05) is 30.3 Å². The molecule has 2 aromatic rings. The number of pyridine rings is 1. The molecule has 0 spiro atoms. The van der Waals surface area contributed by atoms with Gasteiger partial charge in [-0.3, -0.25) is 4.79 Å². The zero-order chi connectivity index (χ0) is 15.2. The van der Waals surface area contributed by atoms with Gasteiger partial charge in [0.15, 0.2) is 0 Å². The number of aromatic nitrogens is 1. The van der Waals surface area contributed by atoms with Crippen LogP contribution in [0.1, 0.15) is 12.0 Å². The first kappa shape index (κ1) is 14.5. The molecule has 21 heavy (non-hydrogen) atoms. The van der Waals surface area contributed by atoms with Crippen LogP contribution in [0.25, 0.3) is 11.3 Å². The first-order valence-corrected chi connectivity index (χ1v) is 6.51. The maximum atomic E-state index is 10.7. The fourth-order valence-electron chi connectivity index (χ4n) is 1.97. The summed E-state index contributed by atoms with van der Waals surface area (Å²) in [4.78, 5) is 16.9. The van der Waals surface area contributed by atoms with E-state index in [0.29, 0.717) is 17.9 Å². The lowest BCUT2D eigenvalue weighted by Gasteiger charge is -2.19. The van der Waals surface area contributed by atoms with Crippen LogP contribution in [-0.2, 0) is 4.79 Å².